The van der Waals surface area contributed by atoms with Crippen LogP contribution in [0.5, 0.6) is 0 Å². The Labute approximate surface area is 104 Å². The van der Waals surface area contributed by atoms with Crippen molar-refractivity contribution in [1.82, 2.24) is 0 Å². The summed E-state index contributed by atoms with van der Waals surface area (Å²) in [5, 5.41) is 11.2. The quantitative estimate of drug-likeness (QED) is 0.604. The number of hydrogen-bond donors (Lipinski definition) is 2. The molecule has 0 saturated heterocycles. The van der Waals surface area contributed by atoms with Crippen LogP contribution >= 0.6 is 11.8 Å². The molecule has 92 valence electrons. The van der Waals surface area contributed by atoms with Crippen LogP contribution in [0.25, 0.3) is 0 Å². The largest absolute Gasteiger partial charge is 0.481 e. The third-order valence-electron chi connectivity index (χ3n) is 1.98. The van der Waals surface area contributed by atoms with Gasteiger partial charge in [0.1, 0.15) is 0 Å². The smallest absolute Gasteiger partial charge is 0.303 e. The Morgan fingerprint density at radius 1 is 1.29 bits per heavy atom. The van der Waals surface area contributed by atoms with Gasteiger partial charge in [0, 0.05) is 23.9 Å². The molecule has 17 heavy (non-hydrogen) atoms. The fourth-order valence-corrected chi connectivity index (χ4v) is 2.10. The van der Waals surface area contributed by atoms with Gasteiger partial charge in [-0.15, -0.1) is 11.8 Å². The Balaban J connectivity index is 2.35. The summed E-state index contributed by atoms with van der Waals surface area (Å²) in [6.07, 6.45) is 0.865. The third kappa shape index (κ3) is 5.97. The maximum absolute atomic E-state index is 10.8. The van der Waals surface area contributed by atoms with Gasteiger partial charge in [-0.2, -0.15) is 0 Å². The summed E-state index contributed by atoms with van der Waals surface area (Å²) in [5.41, 5.74) is 0.771. The summed E-state index contributed by atoms with van der Waals surface area (Å²) < 4.78 is 0. The van der Waals surface area contributed by atoms with Crippen molar-refractivity contribution >= 4 is 29.3 Å². The lowest BCUT2D eigenvalue weighted by Gasteiger charge is -2.04. The van der Waals surface area contributed by atoms with E-state index < -0.39 is 5.97 Å². The van der Waals surface area contributed by atoms with Crippen molar-refractivity contribution in [1.29, 1.82) is 0 Å². The summed E-state index contributed by atoms with van der Waals surface area (Å²) in [6.45, 7) is 1.47. The molecule has 1 amide bonds. The second kappa shape index (κ2) is 6.96. The van der Waals surface area contributed by atoms with Gasteiger partial charge in [0.15, 0.2) is 0 Å². The first-order chi connectivity index (χ1) is 8.08. The predicted octanol–water partition coefficient (Wildman–Crippen LogP) is 2.60. The van der Waals surface area contributed by atoms with Crippen LogP contribution in [0.3, 0.4) is 0 Å². The van der Waals surface area contributed by atoms with Crippen LogP contribution < -0.4 is 5.32 Å². The second-order valence-electron chi connectivity index (χ2n) is 3.55. The van der Waals surface area contributed by atoms with Gasteiger partial charge in [0.25, 0.3) is 0 Å². The molecule has 0 aliphatic rings. The van der Waals surface area contributed by atoms with E-state index in [9.17, 15) is 9.59 Å². The second-order valence-corrected chi connectivity index (χ2v) is 4.72. The van der Waals surface area contributed by atoms with E-state index in [0.29, 0.717) is 6.42 Å². The molecule has 4 nitrogen and oxygen atoms in total. The molecular formula is C12H15NO3S. The first-order valence-corrected chi connectivity index (χ1v) is 6.29. The summed E-state index contributed by atoms with van der Waals surface area (Å²) in [5.74, 6) is -0.0651. The van der Waals surface area contributed by atoms with Crippen molar-refractivity contribution in [2.75, 3.05) is 11.1 Å². The molecular weight excluding hydrogens is 238 g/mol. The molecule has 0 radical (unpaired) electrons. The van der Waals surface area contributed by atoms with Crippen LogP contribution in [0.4, 0.5) is 5.69 Å². The zero-order valence-electron chi connectivity index (χ0n) is 9.60. The molecule has 1 rings (SSSR count). The highest BCUT2D eigenvalue weighted by Crippen LogP contribution is 2.21. The lowest BCUT2D eigenvalue weighted by molar-refractivity contribution is -0.137. The molecule has 0 unspecified atom stereocenters. The van der Waals surface area contributed by atoms with E-state index in [-0.39, 0.29) is 12.3 Å². The molecule has 0 atom stereocenters. The molecule has 0 fully saturated rings. The fourth-order valence-electron chi connectivity index (χ4n) is 1.25. The van der Waals surface area contributed by atoms with E-state index in [0.717, 1.165) is 16.3 Å². The molecule has 0 spiro atoms. The lowest BCUT2D eigenvalue weighted by atomic mass is 10.3. The van der Waals surface area contributed by atoms with Crippen molar-refractivity contribution in [2.24, 2.45) is 0 Å². The van der Waals surface area contributed by atoms with Crippen LogP contribution in [0.15, 0.2) is 29.2 Å². The Bertz CT molecular complexity index is 389. The number of carboxylic acid groups (broad SMARTS) is 1. The highest BCUT2D eigenvalue weighted by atomic mass is 32.2. The van der Waals surface area contributed by atoms with Crippen LogP contribution in [-0.2, 0) is 9.59 Å². The van der Waals surface area contributed by atoms with Gasteiger partial charge in [-0.05, 0) is 36.4 Å². The van der Waals surface area contributed by atoms with Gasteiger partial charge in [0.2, 0.25) is 5.91 Å². The van der Waals surface area contributed by atoms with E-state index in [1.54, 1.807) is 11.8 Å². The van der Waals surface area contributed by atoms with Gasteiger partial charge in [-0.3, -0.25) is 9.59 Å². The Morgan fingerprint density at radius 3 is 2.47 bits per heavy atom. The first-order valence-electron chi connectivity index (χ1n) is 5.30. The number of hydrogen-bond acceptors (Lipinski definition) is 3. The SMILES string of the molecule is CC(=O)Nc1ccc(SCCCC(=O)O)cc1. The number of rotatable bonds is 6. The molecule has 2 N–H and O–H groups in total. The average molecular weight is 253 g/mol. The highest BCUT2D eigenvalue weighted by molar-refractivity contribution is 7.99. The number of carboxylic acids is 1. The molecule has 0 aliphatic heterocycles. The number of carbonyl (C=O) groups is 2. The monoisotopic (exact) mass is 253 g/mol. The number of nitrogens with one attached hydrogen (secondary N) is 1. The summed E-state index contributed by atoms with van der Waals surface area (Å²) in [6, 6.07) is 7.50. The first kappa shape index (κ1) is 13.6. The standard InChI is InChI=1S/C12H15NO3S/c1-9(14)13-10-4-6-11(7-5-10)17-8-2-3-12(15)16/h4-7H,2-3,8H2,1H3,(H,13,14)(H,15,16). The Hall–Kier alpha value is -1.49. The van der Waals surface area contributed by atoms with Crippen LogP contribution in [0, 0.1) is 0 Å². The Morgan fingerprint density at radius 2 is 1.94 bits per heavy atom. The molecule has 0 aliphatic carbocycles. The minimum absolute atomic E-state index is 0.0909. The summed E-state index contributed by atoms with van der Waals surface area (Å²) >= 11 is 1.61. The number of carbonyl (C=O) groups excluding carboxylic acids is 1. The molecule has 1 aromatic carbocycles. The number of thioether (sulfide) groups is 1. The Kier molecular flexibility index (Phi) is 5.56. The summed E-state index contributed by atoms with van der Waals surface area (Å²) in [4.78, 5) is 22.2. The molecule has 0 bridgehead atoms. The molecule has 0 aromatic heterocycles. The van der Waals surface area contributed by atoms with Crippen molar-refractivity contribution in [3.8, 4) is 0 Å². The zero-order chi connectivity index (χ0) is 12.7. The van der Waals surface area contributed by atoms with Crippen molar-refractivity contribution in [3.05, 3.63) is 24.3 Å². The van der Waals surface area contributed by atoms with E-state index in [1.807, 2.05) is 24.3 Å². The fraction of sp³-hybridized carbons (Fsp3) is 0.333. The van der Waals surface area contributed by atoms with Gasteiger partial charge in [-0.1, -0.05) is 0 Å². The van der Waals surface area contributed by atoms with Crippen LogP contribution in [-0.4, -0.2) is 22.7 Å². The summed E-state index contributed by atoms with van der Waals surface area (Å²) in [7, 11) is 0. The molecule has 5 heteroatoms. The van der Waals surface area contributed by atoms with Crippen molar-refractivity contribution < 1.29 is 14.7 Å². The van der Waals surface area contributed by atoms with E-state index in [4.69, 9.17) is 5.11 Å². The maximum atomic E-state index is 10.8. The normalized spacial score (nSPS) is 9.94. The number of benzene rings is 1. The highest BCUT2D eigenvalue weighted by Gasteiger charge is 1.99. The zero-order valence-corrected chi connectivity index (χ0v) is 10.4. The number of amides is 1. The lowest BCUT2D eigenvalue weighted by Crippen LogP contribution is -2.05. The van der Waals surface area contributed by atoms with E-state index >= 15 is 0 Å². The molecule has 0 heterocycles. The van der Waals surface area contributed by atoms with E-state index in [2.05, 4.69) is 5.32 Å². The average Bonchev–Trinajstić information content (AvgIpc) is 2.25. The minimum atomic E-state index is -0.758. The molecule has 0 saturated carbocycles. The topological polar surface area (TPSA) is 66.4 Å². The van der Waals surface area contributed by atoms with Crippen LogP contribution in [0.2, 0.25) is 0 Å². The van der Waals surface area contributed by atoms with Crippen molar-refractivity contribution in [2.45, 2.75) is 24.7 Å². The number of anilines is 1. The third-order valence-corrected chi connectivity index (χ3v) is 3.08. The van der Waals surface area contributed by atoms with Crippen LogP contribution in [0.1, 0.15) is 19.8 Å². The van der Waals surface area contributed by atoms with Gasteiger partial charge in [0.05, 0.1) is 0 Å². The van der Waals surface area contributed by atoms with E-state index in [1.165, 1.54) is 6.92 Å². The van der Waals surface area contributed by atoms with Gasteiger partial charge >= 0.3 is 5.97 Å². The minimum Gasteiger partial charge on any atom is -0.481 e. The number of aliphatic carboxylic acids is 1. The maximum Gasteiger partial charge on any atom is 0.303 e. The molecule has 1 aromatic rings. The predicted molar refractivity (Wildman–Crippen MR) is 68.3 cm³/mol. The van der Waals surface area contributed by atoms with Crippen molar-refractivity contribution in [3.63, 3.8) is 0 Å². The van der Waals surface area contributed by atoms with Gasteiger partial charge in [-0.25, -0.2) is 0 Å². The van der Waals surface area contributed by atoms with Gasteiger partial charge < -0.3 is 10.4 Å².